The van der Waals surface area contributed by atoms with Crippen LogP contribution in [0.1, 0.15) is 19.4 Å². The van der Waals surface area contributed by atoms with Crippen LogP contribution >= 0.6 is 0 Å². The largest absolute Gasteiger partial charge is 0.495 e. The van der Waals surface area contributed by atoms with Gasteiger partial charge in [0.1, 0.15) is 11.8 Å². The summed E-state index contributed by atoms with van der Waals surface area (Å²) in [6.45, 7) is 4.49. The first kappa shape index (κ1) is 16.4. The van der Waals surface area contributed by atoms with Gasteiger partial charge < -0.3 is 19.5 Å². The maximum atomic E-state index is 12.3. The molecule has 1 N–H and O–H groups in total. The molecule has 1 saturated heterocycles. The zero-order chi connectivity index (χ0) is 16.9. The molecule has 3 rings (SSSR count). The number of hydrogen-bond donors (Lipinski definition) is 1. The number of anilines is 1. The first-order valence-electron chi connectivity index (χ1n) is 8.32. The predicted molar refractivity (Wildman–Crippen MR) is 93.3 cm³/mol. The van der Waals surface area contributed by atoms with Gasteiger partial charge in [0.05, 0.1) is 19.1 Å². The molecular formula is C18H24N4O2. The van der Waals surface area contributed by atoms with E-state index in [0.29, 0.717) is 12.5 Å². The van der Waals surface area contributed by atoms with Crippen molar-refractivity contribution in [3.8, 4) is 5.75 Å². The van der Waals surface area contributed by atoms with Crippen LogP contribution in [0.2, 0.25) is 0 Å². The summed E-state index contributed by atoms with van der Waals surface area (Å²) < 4.78 is 7.25. The molecule has 128 valence electrons. The van der Waals surface area contributed by atoms with Crippen molar-refractivity contribution in [2.75, 3.05) is 31.6 Å². The van der Waals surface area contributed by atoms with Gasteiger partial charge in [-0.1, -0.05) is 12.1 Å². The van der Waals surface area contributed by atoms with Crippen LogP contribution in [0.5, 0.6) is 5.75 Å². The van der Waals surface area contributed by atoms with E-state index in [-0.39, 0.29) is 11.9 Å². The molecule has 1 aliphatic rings. The van der Waals surface area contributed by atoms with Crippen molar-refractivity contribution in [2.24, 2.45) is 5.92 Å². The summed E-state index contributed by atoms with van der Waals surface area (Å²) in [5.74, 6) is 1.38. The summed E-state index contributed by atoms with van der Waals surface area (Å²) >= 11 is 0. The molecule has 2 aromatic rings. The molecule has 2 atom stereocenters. The van der Waals surface area contributed by atoms with Gasteiger partial charge in [-0.05, 0) is 31.4 Å². The van der Waals surface area contributed by atoms with Crippen molar-refractivity contribution in [3.05, 3.63) is 43.0 Å². The molecule has 1 aromatic carbocycles. The minimum absolute atomic E-state index is 0.0312. The zero-order valence-electron chi connectivity index (χ0n) is 14.2. The van der Waals surface area contributed by atoms with E-state index in [2.05, 4.69) is 21.3 Å². The Bertz CT molecular complexity index is 671. The van der Waals surface area contributed by atoms with Gasteiger partial charge in [0, 0.05) is 32.0 Å². The maximum absolute atomic E-state index is 12.3. The van der Waals surface area contributed by atoms with Crippen LogP contribution in [-0.2, 0) is 4.79 Å². The van der Waals surface area contributed by atoms with E-state index in [9.17, 15) is 4.79 Å². The number of carbonyl (C=O) groups excluding carboxylic acids is 1. The smallest absolute Gasteiger partial charge is 0.242 e. The number of methoxy groups -OCH3 is 1. The Morgan fingerprint density at radius 2 is 2.29 bits per heavy atom. The van der Waals surface area contributed by atoms with Gasteiger partial charge in [-0.25, -0.2) is 4.98 Å². The molecule has 0 bridgehead atoms. The molecule has 2 unspecified atom stereocenters. The Morgan fingerprint density at radius 1 is 1.46 bits per heavy atom. The highest BCUT2D eigenvalue weighted by atomic mass is 16.5. The molecule has 1 aliphatic heterocycles. The summed E-state index contributed by atoms with van der Waals surface area (Å²) in [4.78, 5) is 18.6. The Hall–Kier alpha value is -2.50. The minimum atomic E-state index is -0.237. The third kappa shape index (κ3) is 3.53. The Balaban J connectivity index is 1.52. The molecule has 24 heavy (non-hydrogen) atoms. The van der Waals surface area contributed by atoms with E-state index in [1.807, 2.05) is 35.9 Å². The fourth-order valence-electron chi connectivity index (χ4n) is 3.14. The van der Waals surface area contributed by atoms with Crippen molar-refractivity contribution in [3.63, 3.8) is 0 Å². The van der Waals surface area contributed by atoms with Gasteiger partial charge in [0.2, 0.25) is 5.91 Å². The van der Waals surface area contributed by atoms with Crippen LogP contribution in [0.4, 0.5) is 5.69 Å². The van der Waals surface area contributed by atoms with E-state index >= 15 is 0 Å². The molecule has 6 nitrogen and oxygen atoms in total. The number of para-hydroxylation sites is 2. The van der Waals surface area contributed by atoms with Crippen molar-refractivity contribution >= 4 is 11.6 Å². The summed E-state index contributed by atoms with van der Waals surface area (Å²) in [7, 11) is 1.70. The van der Waals surface area contributed by atoms with Crippen molar-refractivity contribution in [1.29, 1.82) is 0 Å². The maximum Gasteiger partial charge on any atom is 0.242 e. The van der Waals surface area contributed by atoms with Gasteiger partial charge in [-0.3, -0.25) is 4.79 Å². The number of nitrogens with one attached hydrogen (secondary N) is 1. The third-order valence-electron chi connectivity index (χ3n) is 4.63. The highest BCUT2D eigenvalue weighted by Gasteiger charge is 2.25. The fourth-order valence-corrected chi connectivity index (χ4v) is 3.14. The van der Waals surface area contributed by atoms with Crippen LogP contribution < -0.4 is 15.0 Å². The summed E-state index contributed by atoms with van der Waals surface area (Å²) in [5, 5.41) is 3.07. The minimum Gasteiger partial charge on any atom is -0.495 e. The standard InChI is InChI=1S/C18H24N4O2/c1-14(22-10-8-19-13-22)18(23)20-11-15-7-9-21(12-15)16-5-3-4-6-17(16)24-2/h3-6,8,10,13-15H,7,9,11-12H2,1-2H3,(H,20,23). The van der Waals surface area contributed by atoms with Crippen LogP contribution in [0, 0.1) is 5.92 Å². The molecule has 1 fully saturated rings. The Morgan fingerprint density at radius 3 is 3.04 bits per heavy atom. The monoisotopic (exact) mass is 328 g/mol. The summed E-state index contributed by atoms with van der Waals surface area (Å²) in [5.41, 5.74) is 1.13. The van der Waals surface area contributed by atoms with Gasteiger partial charge in [0.15, 0.2) is 0 Å². The number of aromatic nitrogens is 2. The number of amides is 1. The van der Waals surface area contributed by atoms with Crippen molar-refractivity contribution < 1.29 is 9.53 Å². The third-order valence-corrected chi connectivity index (χ3v) is 4.63. The lowest BCUT2D eigenvalue weighted by Crippen LogP contribution is -2.35. The first-order valence-corrected chi connectivity index (χ1v) is 8.32. The molecule has 0 saturated carbocycles. The summed E-state index contributed by atoms with van der Waals surface area (Å²) in [6, 6.07) is 7.84. The number of ether oxygens (including phenoxy) is 1. The second-order valence-corrected chi connectivity index (χ2v) is 6.20. The number of hydrogen-bond acceptors (Lipinski definition) is 4. The SMILES string of the molecule is COc1ccccc1N1CCC(CNC(=O)C(C)n2ccnc2)C1. The predicted octanol–water partition coefficient (Wildman–Crippen LogP) is 2.10. The van der Waals surface area contributed by atoms with Crippen LogP contribution in [0.15, 0.2) is 43.0 Å². The number of benzene rings is 1. The molecular weight excluding hydrogens is 304 g/mol. The van der Waals surface area contributed by atoms with E-state index < -0.39 is 0 Å². The average molecular weight is 328 g/mol. The molecule has 0 radical (unpaired) electrons. The highest BCUT2D eigenvalue weighted by Crippen LogP contribution is 2.31. The zero-order valence-corrected chi connectivity index (χ0v) is 14.2. The molecule has 1 amide bonds. The lowest BCUT2D eigenvalue weighted by Gasteiger charge is -2.21. The average Bonchev–Trinajstić information content (AvgIpc) is 3.30. The summed E-state index contributed by atoms with van der Waals surface area (Å²) in [6.07, 6.45) is 6.23. The van der Waals surface area contributed by atoms with E-state index in [4.69, 9.17) is 4.74 Å². The van der Waals surface area contributed by atoms with Gasteiger partial charge in [0.25, 0.3) is 0 Å². The number of rotatable bonds is 6. The lowest BCUT2D eigenvalue weighted by atomic mass is 10.1. The first-order chi connectivity index (χ1) is 11.7. The normalized spacial score (nSPS) is 18.4. The van der Waals surface area contributed by atoms with Gasteiger partial charge >= 0.3 is 0 Å². The molecule has 6 heteroatoms. The van der Waals surface area contributed by atoms with Crippen LogP contribution in [0.3, 0.4) is 0 Å². The van der Waals surface area contributed by atoms with E-state index in [1.165, 1.54) is 0 Å². The number of nitrogens with zero attached hydrogens (tertiary/aromatic N) is 3. The van der Waals surface area contributed by atoms with Gasteiger partial charge in [-0.15, -0.1) is 0 Å². The lowest BCUT2D eigenvalue weighted by molar-refractivity contribution is -0.124. The van der Waals surface area contributed by atoms with Crippen LogP contribution in [0.25, 0.3) is 0 Å². The highest BCUT2D eigenvalue weighted by molar-refractivity contribution is 5.79. The number of imidazole rings is 1. The van der Waals surface area contributed by atoms with Gasteiger partial charge in [-0.2, -0.15) is 0 Å². The molecule has 0 aliphatic carbocycles. The topological polar surface area (TPSA) is 59.4 Å². The second kappa shape index (κ2) is 7.38. The Labute approximate surface area is 142 Å². The van der Waals surface area contributed by atoms with Crippen LogP contribution in [-0.4, -0.2) is 42.2 Å². The van der Waals surface area contributed by atoms with E-state index in [0.717, 1.165) is 30.9 Å². The van der Waals surface area contributed by atoms with Crippen molar-refractivity contribution in [2.45, 2.75) is 19.4 Å². The molecule has 2 heterocycles. The van der Waals surface area contributed by atoms with E-state index in [1.54, 1.807) is 19.6 Å². The fraction of sp³-hybridized carbons (Fsp3) is 0.444. The second-order valence-electron chi connectivity index (χ2n) is 6.20. The number of carbonyl (C=O) groups is 1. The quantitative estimate of drug-likeness (QED) is 0.882. The van der Waals surface area contributed by atoms with Crippen molar-refractivity contribution in [1.82, 2.24) is 14.9 Å². The Kier molecular flexibility index (Phi) is 5.03. The molecule has 0 spiro atoms. The molecule has 1 aromatic heterocycles.